The molecule has 6 nitrogen and oxygen atoms in total. The number of ether oxygens (including phenoxy) is 1. The van der Waals surface area contributed by atoms with E-state index in [1.807, 2.05) is 13.0 Å². The Morgan fingerprint density at radius 3 is 2.38 bits per heavy atom. The van der Waals surface area contributed by atoms with Gasteiger partial charge in [-0.3, -0.25) is 4.90 Å². The van der Waals surface area contributed by atoms with E-state index in [1.165, 1.54) is 19.2 Å². The van der Waals surface area contributed by atoms with Crippen molar-refractivity contribution in [2.75, 3.05) is 51.3 Å². The number of hydrogen-bond acceptors (Lipinski definition) is 5. The minimum Gasteiger partial charge on any atom is -0.495 e. The highest BCUT2D eigenvalue weighted by molar-refractivity contribution is 7.89. The Morgan fingerprint density at radius 1 is 1.07 bits per heavy atom. The molecular formula is C21H28FN3O3S. The van der Waals surface area contributed by atoms with Crippen LogP contribution in [-0.2, 0) is 16.4 Å². The SMILES string of the molecule is CCc1ccc(OC)c(S(=O)(=O)NCCN2CCN(c3ccc(F)cc3)CC2)c1. The fourth-order valence-corrected chi connectivity index (χ4v) is 4.69. The molecule has 1 N–H and O–H groups in total. The molecule has 1 heterocycles. The van der Waals surface area contributed by atoms with Crippen LogP contribution in [-0.4, -0.2) is 59.7 Å². The minimum absolute atomic E-state index is 0.181. The summed E-state index contributed by atoms with van der Waals surface area (Å²) in [5, 5.41) is 0. The lowest BCUT2D eigenvalue weighted by molar-refractivity contribution is 0.262. The van der Waals surface area contributed by atoms with Gasteiger partial charge in [-0.1, -0.05) is 13.0 Å². The molecular weight excluding hydrogens is 393 g/mol. The average Bonchev–Trinajstić information content (AvgIpc) is 2.74. The quantitative estimate of drug-likeness (QED) is 0.710. The molecule has 0 bridgehead atoms. The summed E-state index contributed by atoms with van der Waals surface area (Å²) in [6.07, 6.45) is 0.755. The number of nitrogens with one attached hydrogen (secondary N) is 1. The van der Waals surface area contributed by atoms with Crippen LogP contribution in [0.3, 0.4) is 0 Å². The third-order valence-electron chi connectivity index (χ3n) is 5.21. The van der Waals surface area contributed by atoms with E-state index in [9.17, 15) is 12.8 Å². The molecule has 0 amide bonds. The van der Waals surface area contributed by atoms with Gasteiger partial charge in [-0.2, -0.15) is 0 Å². The maximum absolute atomic E-state index is 13.1. The van der Waals surface area contributed by atoms with Crippen LogP contribution in [0, 0.1) is 5.82 Å². The lowest BCUT2D eigenvalue weighted by Crippen LogP contribution is -2.48. The number of piperazine rings is 1. The van der Waals surface area contributed by atoms with Crippen LogP contribution in [0.2, 0.25) is 0 Å². The Kier molecular flexibility index (Phi) is 7.10. The number of nitrogens with zero attached hydrogens (tertiary/aromatic N) is 2. The summed E-state index contributed by atoms with van der Waals surface area (Å²) < 4.78 is 46.5. The molecule has 29 heavy (non-hydrogen) atoms. The smallest absolute Gasteiger partial charge is 0.244 e. The van der Waals surface area contributed by atoms with Gasteiger partial charge in [0.1, 0.15) is 16.5 Å². The van der Waals surface area contributed by atoms with Gasteiger partial charge in [0.2, 0.25) is 10.0 Å². The van der Waals surface area contributed by atoms with Crippen molar-refractivity contribution >= 4 is 15.7 Å². The van der Waals surface area contributed by atoms with Crippen molar-refractivity contribution in [3.63, 3.8) is 0 Å². The number of aryl methyl sites for hydroxylation is 1. The van der Waals surface area contributed by atoms with Gasteiger partial charge in [0.05, 0.1) is 7.11 Å². The Bertz CT molecular complexity index is 911. The van der Waals surface area contributed by atoms with Crippen molar-refractivity contribution in [2.24, 2.45) is 0 Å². The van der Waals surface area contributed by atoms with Crippen molar-refractivity contribution < 1.29 is 17.5 Å². The van der Waals surface area contributed by atoms with E-state index in [0.29, 0.717) is 18.8 Å². The fourth-order valence-electron chi connectivity index (χ4n) is 3.45. The van der Waals surface area contributed by atoms with E-state index in [0.717, 1.165) is 43.9 Å². The summed E-state index contributed by atoms with van der Waals surface area (Å²) in [6, 6.07) is 11.8. The van der Waals surface area contributed by atoms with Crippen LogP contribution >= 0.6 is 0 Å². The molecule has 0 spiro atoms. The zero-order valence-electron chi connectivity index (χ0n) is 16.9. The lowest BCUT2D eigenvalue weighted by atomic mass is 10.2. The van der Waals surface area contributed by atoms with Gasteiger partial charge < -0.3 is 9.64 Å². The van der Waals surface area contributed by atoms with Crippen LogP contribution in [0.1, 0.15) is 12.5 Å². The van der Waals surface area contributed by atoms with E-state index in [2.05, 4.69) is 14.5 Å². The Hall–Kier alpha value is -2.16. The van der Waals surface area contributed by atoms with Crippen molar-refractivity contribution in [1.82, 2.24) is 9.62 Å². The number of methoxy groups -OCH3 is 1. The van der Waals surface area contributed by atoms with Crippen molar-refractivity contribution in [1.29, 1.82) is 0 Å². The van der Waals surface area contributed by atoms with Crippen LogP contribution in [0.4, 0.5) is 10.1 Å². The molecule has 0 aliphatic carbocycles. The maximum Gasteiger partial charge on any atom is 0.244 e. The van der Waals surface area contributed by atoms with E-state index < -0.39 is 10.0 Å². The molecule has 0 aromatic heterocycles. The zero-order chi connectivity index (χ0) is 20.9. The van der Waals surface area contributed by atoms with Crippen LogP contribution in [0.15, 0.2) is 47.4 Å². The summed E-state index contributed by atoms with van der Waals surface area (Å²) >= 11 is 0. The third kappa shape index (κ3) is 5.46. The summed E-state index contributed by atoms with van der Waals surface area (Å²) in [5.74, 6) is 0.114. The second-order valence-electron chi connectivity index (χ2n) is 7.04. The highest BCUT2D eigenvalue weighted by Gasteiger charge is 2.21. The largest absolute Gasteiger partial charge is 0.495 e. The average molecular weight is 422 g/mol. The van der Waals surface area contributed by atoms with Gasteiger partial charge in [-0.05, 0) is 48.4 Å². The van der Waals surface area contributed by atoms with Crippen molar-refractivity contribution in [3.05, 3.63) is 53.8 Å². The first-order chi connectivity index (χ1) is 13.9. The summed E-state index contributed by atoms with van der Waals surface area (Å²) in [4.78, 5) is 4.61. The number of sulfonamides is 1. The molecule has 1 fully saturated rings. The number of rotatable bonds is 8. The molecule has 2 aromatic carbocycles. The van der Waals surface area contributed by atoms with Gasteiger partial charge in [0.15, 0.2) is 0 Å². The molecule has 0 saturated carbocycles. The summed E-state index contributed by atoms with van der Waals surface area (Å²) in [5.41, 5.74) is 1.96. The Labute approximate surface area is 172 Å². The highest BCUT2D eigenvalue weighted by Crippen LogP contribution is 2.25. The molecule has 0 unspecified atom stereocenters. The zero-order valence-corrected chi connectivity index (χ0v) is 17.7. The summed E-state index contributed by atoms with van der Waals surface area (Å²) in [7, 11) is -2.17. The molecule has 0 radical (unpaired) electrons. The van der Waals surface area contributed by atoms with E-state index in [4.69, 9.17) is 4.74 Å². The predicted octanol–water partition coefficient (Wildman–Crippen LogP) is 2.50. The predicted molar refractivity (Wildman–Crippen MR) is 113 cm³/mol. The molecule has 2 aromatic rings. The minimum atomic E-state index is -3.64. The highest BCUT2D eigenvalue weighted by atomic mass is 32.2. The van der Waals surface area contributed by atoms with Gasteiger partial charge >= 0.3 is 0 Å². The van der Waals surface area contributed by atoms with Gasteiger partial charge in [0.25, 0.3) is 0 Å². The van der Waals surface area contributed by atoms with Crippen LogP contribution < -0.4 is 14.4 Å². The van der Waals surface area contributed by atoms with E-state index >= 15 is 0 Å². The maximum atomic E-state index is 13.1. The normalized spacial score (nSPS) is 15.5. The van der Waals surface area contributed by atoms with Gasteiger partial charge in [-0.25, -0.2) is 17.5 Å². The molecule has 8 heteroatoms. The van der Waals surface area contributed by atoms with Crippen molar-refractivity contribution in [3.8, 4) is 5.75 Å². The first-order valence-electron chi connectivity index (χ1n) is 9.82. The topological polar surface area (TPSA) is 61.9 Å². The first kappa shape index (κ1) is 21.5. The Morgan fingerprint density at radius 2 is 1.76 bits per heavy atom. The second kappa shape index (κ2) is 9.56. The van der Waals surface area contributed by atoms with E-state index in [-0.39, 0.29) is 10.7 Å². The summed E-state index contributed by atoms with van der Waals surface area (Å²) in [6.45, 7) is 6.25. The second-order valence-corrected chi connectivity index (χ2v) is 8.78. The molecule has 1 aliphatic rings. The molecule has 1 aliphatic heterocycles. The van der Waals surface area contributed by atoms with Crippen LogP contribution in [0.25, 0.3) is 0 Å². The molecule has 158 valence electrons. The molecule has 0 atom stereocenters. The fraction of sp³-hybridized carbons (Fsp3) is 0.429. The molecule has 1 saturated heterocycles. The van der Waals surface area contributed by atoms with Crippen molar-refractivity contribution in [2.45, 2.75) is 18.2 Å². The van der Waals surface area contributed by atoms with Gasteiger partial charge in [0, 0.05) is 45.0 Å². The molecule has 3 rings (SSSR count). The monoisotopic (exact) mass is 421 g/mol. The third-order valence-corrected chi connectivity index (χ3v) is 6.69. The van der Waals surface area contributed by atoms with E-state index in [1.54, 1.807) is 24.3 Å². The lowest BCUT2D eigenvalue weighted by Gasteiger charge is -2.36. The number of hydrogen-bond donors (Lipinski definition) is 1. The Balaban J connectivity index is 1.52. The van der Waals surface area contributed by atoms with Gasteiger partial charge in [-0.15, -0.1) is 0 Å². The number of halogens is 1. The number of anilines is 1. The standard InChI is InChI=1S/C21H28FN3O3S/c1-3-17-4-9-20(28-2)21(16-17)29(26,27)23-10-11-24-12-14-25(15-13-24)19-7-5-18(22)6-8-19/h4-9,16,23H,3,10-15H2,1-2H3. The van der Waals surface area contributed by atoms with Crippen LogP contribution in [0.5, 0.6) is 5.75 Å². The number of benzene rings is 2. The first-order valence-corrected chi connectivity index (χ1v) is 11.3.